The van der Waals surface area contributed by atoms with Crippen LogP contribution in [0.3, 0.4) is 0 Å². The molecule has 4 rings (SSSR count). The molecule has 1 aliphatic heterocycles. The summed E-state index contributed by atoms with van der Waals surface area (Å²) in [6, 6.07) is 11.1. The molecule has 0 aliphatic carbocycles. The SMILES string of the molecule is CCCCc1ncc(-c2c(-c3ccccc3)ncn2CC[C@H]2CCCN2C)[nH]1. The Morgan fingerprint density at radius 2 is 2.04 bits per heavy atom. The third-order valence-corrected chi connectivity index (χ3v) is 5.91. The number of rotatable bonds is 8. The van der Waals surface area contributed by atoms with E-state index in [1.165, 1.54) is 25.8 Å². The van der Waals surface area contributed by atoms with E-state index < -0.39 is 0 Å². The number of benzene rings is 1. The Hall–Kier alpha value is -2.40. The molecule has 1 N–H and O–H groups in total. The van der Waals surface area contributed by atoms with Crippen molar-refractivity contribution in [3.8, 4) is 22.6 Å². The predicted octanol–water partition coefficient (Wildman–Crippen LogP) is 4.77. The van der Waals surface area contributed by atoms with Gasteiger partial charge in [0, 0.05) is 24.6 Å². The van der Waals surface area contributed by atoms with E-state index in [1.807, 2.05) is 12.5 Å². The minimum absolute atomic E-state index is 0.678. The smallest absolute Gasteiger partial charge is 0.106 e. The lowest BCUT2D eigenvalue weighted by Crippen LogP contribution is -2.26. The summed E-state index contributed by atoms with van der Waals surface area (Å²) in [5, 5.41) is 0. The molecule has 1 atom stereocenters. The van der Waals surface area contributed by atoms with Crippen molar-refractivity contribution in [3.05, 3.63) is 48.7 Å². The van der Waals surface area contributed by atoms with Gasteiger partial charge in [-0.2, -0.15) is 0 Å². The van der Waals surface area contributed by atoms with E-state index >= 15 is 0 Å². The first kappa shape index (κ1) is 18.9. The lowest BCUT2D eigenvalue weighted by Gasteiger charge is -2.20. The lowest BCUT2D eigenvalue weighted by atomic mass is 10.1. The van der Waals surface area contributed by atoms with Crippen LogP contribution in [0.15, 0.2) is 42.9 Å². The molecule has 0 bridgehead atoms. The second-order valence-electron chi connectivity index (χ2n) is 7.91. The van der Waals surface area contributed by atoms with E-state index in [-0.39, 0.29) is 0 Å². The van der Waals surface area contributed by atoms with E-state index in [9.17, 15) is 0 Å². The van der Waals surface area contributed by atoms with Crippen molar-refractivity contribution in [2.45, 2.75) is 58.0 Å². The van der Waals surface area contributed by atoms with Crippen molar-refractivity contribution in [3.63, 3.8) is 0 Å². The third-order valence-electron chi connectivity index (χ3n) is 5.91. The summed E-state index contributed by atoms with van der Waals surface area (Å²) >= 11 is 0. The van der Waals surface area contributed by atoms with Crippen LogP contribution >= 0.6 is 0 Å². The number of hydrogen-bond donors (Lipinski definition) is 1. The number of imidazole rings is 2. The van der Waals surface area contributed by atoms with Crippen LogP contribution in [0.2, 0.25) is 0 Å². The first-order valence-electron chi connectivity index (χ1n) is 10.6. The number of hydrogen-bond acceptors (Lipinski definition) is 3. The number of unbranched alkanes of at least 4 members (excludes halogenated alkanes) is 1. The Balaban J connectivity index is 1.64. The van der Waals surface area contributed by atoms with Crippen LogP contribution < -0.4 is 0 Å². The Morgan fingerprint density at radius 3 is 2.79 bits per heavy atom. The average molecular weight is 378 g/mol. The van der Waals surface area contributed by atoms with Gasteiger partial charge in [-0.25, -0.2) is 9.97 Å². The van der Waals surface area contributed by atoms with Gasteiger partial charge in [-0.15, -0.1) is 0 Å². The molecule has 5 nitrogen and oxygen atoms in total. The second kappa shape index (κ2) is 8.74. The molecule has 0 radical (unpaired) electrons. The molecule has 5 heteroatoms. The Bertz CT molecular complexity index is 880. The van der Waals surface area contributed by atoms with Crippen molar-refractivity contribution in [2.24, 2.45) is 0 Å². The fourth-order valence-corrected chi connectivity index (χ4v) is 4.23. The second-order valence-corrected chi connectivity index (χ2v) is 7.91. The van der Waals surface area contributed by atoms with Gasteiger partial charge in [-0.05, 0) is 39.3 Å². The molecule has 0 unspecified atom stereocenters. The number of aryl methyl sites for hydroxylation is 2. The fraction of sp³-hybridized carbons (Fsp3) is 0.478. The molecule has 1 fully saturated rings. The van der Waals surface area contributed by atoms with Crippen LogP contribution in [0.4, 0.5) is 0 Å². The molecular weight excluding hydrogens is 346 g/mol. The van der Waals surface area contributed by atoms with Crippen molar-refractivity contribution in [1.29, 1.82) is 0 Å². The van der Waals surface area contributed by atoms with Gasteiger partial charge in [0.2, 0.25) is 0 Å². The Kier molecular flexibility index (Phi) is 5.91. The zero-order valence-electron chi connectivity index (χ0n) is 17.1. The summed E-state index contributed by atoms with van der Waals surface area (Å²) in [6.45, 7) is 4.41. The minimum atomic E-state index is 0.678. The molecule has 1 saturated heterocycles. The highest BCUT2D eigenvalue weighted by Crippen LogP contribution is 2.31. The molecule has 1 aliphatic rings. The number of H-pyrrole nitrogens is 1. The predicted molar refractivity (Wildman–Crippen MR) is 114 cm³/mol. The molecule has 0 spiro atoms. The topological polar surface area (TPSA) is 49.7 Å². The minimum Gasteiger partial charge on any atom is -0.341 e. The maximum atomic E-state index is 4.80. The van der Waals surface area contributed by atoms with Gasteiger partial charge in [-0.3, -0.25) is 0 Å². The highest BCUT2D eigenvalue weighted by atomic mass is 15.2. The number of aromatic nitrogens is 4. The highest BCUT2D eigenvalue weighted by molar-refractivity contribution is 5.76. The summed E-state index contributed by atoms with van der Waals surface area (Å²) in [6.07, 6.45) is 11.1. The number of nitrogens with one attached hydrogen (secondary N) is 1. The van der Waals surface area contributed by atoms with E-state index in [1.54, 1.807) is 0 Å². The fourth-order valence-electron chi connectivity index (χ4n) is 4.23. The summed E-state index contributed by atoms with van der Waals surface area (Å²) in [5.41, 5.74) is 4.41. The summed E-state index contributed by atoms with van der Waals surface area (Å²) in [5.74, 6) is 1.07. The summed E-state index contributed by atoms with van der Waals surface area (Å²) in [4.78, 5) is 15.5. The molecule has 28 heavy (non-hydrogen) atoms. The van der Waals surface area contributed by atoms with Gasteiger partial charge in [-0.1, -0.05) is 43.7 Å². The first-order valence-corrected chi connectivity index (χ1v) is 10.6. The van der Waals surface area contributed by atoms with Gasteiger partial charge in [0.15, 0.2) is 0 Å². The van der Waals surface area contributed by atoms with Crippen molar-refractivity contribution < 1.29 is 0 Å². The van der Waals surface area contributed by atoms with Gasteiger partial charge in [0.05, 0.1) is 29.6 Å². The quantitative estimate of drug-likeness (QED) is 0.615. The van der Waals surface area contributed by atoms with E-state index in [0.717, 1.165) is 54.3 Å². The van der Waals surface area contributed by atoms with Gasteiger partial charge >= 0.3 is 0 Å². The van der Waals surface area contributed by atoms with E-state index in [2.05, 4.69) is 63.7 Å². The number of aromatic amines is 1. The van der Waals surface area contributed by atoms with Crippen LogP contribution in [-0.4, -0.2) is 44.1 Å². The van der Waals surface area contributed by atoms with Crippen molar-refractivity contribution in [1.82, 2.24) is 24.4 Å². The maximum absolute atomic E-state index is 4.80. The van der Waals surface area contributed by atoms with Gasteiger partial charge in [0.25, 0.3) is 0 Å². The van der Waals surface area contributed by atoms with E-state index in [4.69, 9.17) is 4.98 Å². The molecule has 1 aromatic carbocycles. The average Bonchev–Trinajstić information content (AvgIpc) is 3.45. The molecule has 3 aromatic rings. The Morgan fingerprint density at radius 1 is 1.18 bits per heavy atom. The largest absolute Gasteiger partial charge is 0.341 e. The van der Waals surface area contributed by atoms with Crippen LogP contribution in [0.25, 0.3) is 22.6 Å². The van der Waals surface area contributed by atoms with Gasteiger partial charge < -0.3 is 14.5 Å². The zero-order valence-corrected chi connectivity index (χ0v) is 17.1. The van der Waals surface area contributed by atoms with Gasteiger partial charge in [0.1, 0.15) is 5.82 Å². The molecule has 0 amide bonds. The van der Waals surface area contributed by atoms with E-state index in [0.29, 0.717) is 6.04 Å². The number of likely N-dealkylation sites (tertiary alicyclic amines) is 1. The normalized spacial score (nSPS) is 17.4. The van der Waals surface area contributed by atoms with Crippen LogP contribution in [0.1, 0.15) is 44.9 Å². The highest BCUT2D eigenvalue weighted by Gasteiger charge is 2.22. The first-order chi connectivity index (χ1) is 13.8. The molecule has 2 aromatic heterocycles. The molecular formula is C23H31N5. The molecule has 0 saturated carbocycles. The molecule has 3 heterocycles. The van der Waals surface area contributed by atoms with Crippen LogP contribution in [0.5, 0.6) is 0 Å². The Labute approximate surface area is 167 Å². The van der Waals surface area contributed by atoms with Crippen molar-refractivity contribution >= 4 is 0 Å². The van der Waals surface area contributed by atoms with Crippen LogP contribution in [-0.2, 0) is 13.0 Å². The number of nitrogens with zero attached hydrogens (tertiary/aromatic N) is 4. The summed E-state index contributed by atoms with van der Waals surface area (Å²) in [7, 11) is 2.25. The third kappa shape index (κ3) is 4.04. The zero-order chi connectivity index (χ0) is 19.3. The lowest BCUT2D eigenvalue weighted by molar-refractivity contribution is 0.286. The summed E-state index contributed by atoms with van der Waals surface area (Å²) < 4.78 is 2.31. The monoisotopic (exact) mass is 377 g/mol. The van der Waals surface area contributed by atoms with Crippen molar-refractivity contribution in [2.75, 3.05) is 13.6 Å². The standard InChI is InChI=1S/C23H31N5/c1-3-4-12-21-24-16-20(26-21)23-22(18-9-6-5-7-10-18)25-17-28(23)15-13-19-11-8-14-27(19)2/h5-7,9-10,16-17,19H,3-4,8,11-15H2,1-2H3,(H,24,26)/t19-/m1/s1. The van der Waals surface area contributed by atoms with Crippen LogP contribution in [0, 0.1) is 0 Å². The maximum Gasteiger partial charge on any atom is 0.106 e. The molecule has 148 valence electrons.